The molecule has 0 amide bonds. The van der Waals surface area contributed by atoms with Gasteiger partial charge < -0.3 is 5.11 Å². The van der Waals surface area contributed by atoms with Gasteiger partial charge in [-0.3, -0.25) is 4.79 Å². The summed E-state index contributed by atoms with van der Waals surface area (Å²) in [6, 6.07) is 12.2. The third-order valence-corrected chi connectivity index (χ3v) is 3.08. The molecule has 96 valence electrons. The molecule has 19 heavy (non-hydrogen) atoms. The van der Waals surface area contributed by atoms with Gasteiger partial charge >= 0.3 is 5.97 Å². The first-order valence-corrected chi connectivity index (χ1v) is 5.95. The molecule has 0 saturated carbocycles. The molecule has 0 aliphatic rings. The number of carbonyl (C=O) groups excluding carboxylic acids is 1. The molecular formula is C16H14O3. The van der Waals surface area contributed by atoms with Crippen LogP contribution >= 0.6 is 0 Å². The van der Waals surface area contributed by atoms with Crippen molar-refractivity contribution in [3.8, 4) is 11.1 Å². The molecule has 3 heteroatoms. The number of carbonyl (C=O) groups is 2. The number of benzene rings is 2. The number of aromatic carboxylic acids is 1. The summed E-state index contributed by atoms with van der Waals surface area (Å²) < 4.78 is 0. The van der Waals surface area contributed by atoms with Crippen LogP contribution in [0.15, 0.2) is 42.5 Å². The quantitative estimate of drug-likeness (QED) is 0.852. The van der Waals surface area contributed by atoms with E-state index in [1.54, 1.807) is 36.4 Å². The zero-order valence-corrected chi connectivity index (χ0v) is 10.8. The van der Waals surface area contributed by atoms with Gasteiger partial charge in [-0.05, 0) is 36.6 Å². The van der Waals surface area contributed by atoms with Crippen molar-refractivity contribution in [1.29, 1.82) is 0 Å². The van der Waals surface area contributed by atoms with Crippen LogP contribution in [0.25, 0.3) is 11.1 Å². The number of hydrogen-bond acceptors (Lipinski definition) is 2. The molecule has 2 aromatic rings. The summed E-state index contributed by atoms with van der Waals surface area (Å²) in [6.45, 7) is 3.33. The van der Waals surface area contributed by atoms with E-state index in [1.165, 1.54) is 6.92 Å². The summed E-state index contributed by atoms with van der Waals surface area (Å²) >= 11 is 0. The van der Waals surface area contributed by atoms with Crippen LogP contribution < -0.4 is 0 Å². The molecule has 0 atom stereocenters. The first-order chi connectivity index (χ1) is 9.02. The number of ketones is 1. The Morgan fingerprint density at radius 2 is 1.58 bits per heavy atom. The van der Waals surface area contributed by atoms with Crippen LogP contribution in [-0.4, -0.2) is 16.9 Å². The van der Waals surface area contributed by atoms with E-state index in [-0.39, 0.29) is 11.3 Å². The fourth-order valence-corrected chi connectivity index (χ4v) is 2.21. The second-order valence-electron chi connectivity index (χ2n) is 4.40. The first kappa shape index (κ1) is 13.0. The highest BCUT2D eigenvalue weighted by Gasteiger charge is 2.17. The third-order valence-electron chi connectivity index (χ3n) is 3.08. The van der Waals surface area contributed by atoms with Gasteiger partial charge in [0.15, 0.2) is 5.78 Å². The number of rotatable bonds is 3. The molecule has 0 bridgehead atoms. The predicted molar refractivity (Wildman–Crippen MR) is 73.6 cm³/mol. The smallest absolute Gasteiger partial charge is 0.336 e. The number of carboxylic acid groups (broad SMARTS) is 1. The van der Waals surface area contributed by atoms with Crippen molar-refractivity contribution in [3.63, 3.8) is 0 Å². The zero-order valence-electron chi connectivity index (χ0n) is 10.8. The Morgan fingerprint density at radius 3 is 2.21 bits per heavy atom. The maximum absolute atomic E-state index is 11.7. The molecule has 0 saturated heterocycles. The first-order valence-electron chi connectivity index (χ1n) is 5.95. The Balaban J connectivity index is 2.79. The van der Waals surface area contributed by atoms with Crippen LogP contribution in [0.3, 0.4) is 0 Å². The fourth-order valence-electron chi connectivity index (χ4n) is 2.21. The molecule has 2 aromatic carbocycles. The lowest BCUT2D eigenvalue weighted by atomic mass is 9.90. The molecule has 0 radical (unpaired) electrons. The van der Waals surface area contributed by atoms with Gasteiger partial charge in [-0.25, -0.2) is 4.79 Å². The second-order valence-corrected chi connectivity index (χ2v) is 4.40. The second kappa shape index (κ2) is 5.06. The molecule has 0 fully saturated rings. The average Bonchev–Trinajstić information content (AvgIpc) is 2.38. The van der Waals surface area contributed by atoms with E-state index in [9.17, 15) is 14.7 Å². The van der Waals surface area contributed by atoms with Crippen molar-refractivity contribution in [2.45, 2.75) is 13.8 Å². The van der Waals surface area contributed by atoms with Crippen molar-refractivity contribution in [3.05, 3.63) is 59.2 Å². The summed E-state index contributed by atoms with van der Waals surface area (Å²) in [5, 5.41) is 9.30. The minimum atomic E-state index is -0.989. The van der Waals surface area contributed by atoms with E-state index in [1.807, 2.05) is 13.0 Å². The highest BCUT2D eigenvalue weighted by atomic mass is 16.4. The van der Waals surface area contributed by atoms with Gasteiger partial charge in [0, 0.05) is 5.56 Å². The molecule has 1 N–H and O–H groups in total. The molecule has 0 heterocycles. The van der Waals surface area contributed by atoms with Gasteiger partial charge in [0.2, 0.25) is 0 Å². The topological polar surface area (TPSA) is 54.4 Å². The van der Waals surface area contributed by atoms with Crippen LogP contribution in [0.1, 0.15) is 33.2 Å². The molecule has 0 unspecified atom stereocenters. The van der Waals surface area contributed by atoms with Crippen molar-refractivity contribution >= 4 is 11.8 Å². The van der Waals surface area contributed by atoms with Crippen molar-refractivity contribution < 1.29 is 14.7 Å². The summed E-state index contributed by atoms with van der Waals surface area (Å²) in [5.41, 5.74) is 2.88. The minimum absolute atomic E-state index is 0.0739. The molecule has 0 spiro atoms. The van der Waals surface area contributed by atoms with E-state index in [4.69, 9.17) is 0 Å². The SMILES string of the molecule is CC(=O)c1ccccc1-c1c(C)cccc1C(=O)O. The van der Waals surface area contributed by atoms with Crippen LogP contribution in [0, 0.1) is 6.92 Å². The van der Waals surface area contributed by atoms with Gasteiger partial charge in [0.05, 0.1) is 5.56 Å². The monoisotopic (exact) mass is 254 g/mol. The number of aryl methyl sites for hydroxylation is 1. The summed E-state index contributed by atoms with van der Waals surface area (Å²) in [6.07, 6.45) is 0. The summed E-state index contributed by atoms with van der Waals surface area (Å²) in [5.74, 6) is -1.06. The van der Waals surface area contributed by atoms with Gasteiger partial charge in [-0.2, -0.15) is 0 Å². The Labute approximate surface area is 111 Å². The highest BCUT2D eigenvalue weighted by Crippen LogP contribution is 2.30. The van der Waals surface area contributed by atoms with Gasteiger partial charge in [0.25, 0.3) is 0 Å². The number of hydrogen-bond donors (Lipinski definition) is 1. The van der Waals surface area contributed by atoms with Crippen molar-refractivity contribution in [2.75, 3.05) is 0 Å². The molecule has 0 aromatic heterocycles. The van der Waals surface area contributed by atoms with Gasteiger partial charge in [-0.1, -0.05) is 36.4 Å². The standard InChI is InChI=1S/C16H14O3/c1-10-6-5-9-14(16(18)19)15(10)13-8-4-3-7-12(13)11(2)17/h3-9H,1-2H3,(H,18,19). The van der Waals surface area contributed by atoms with E-state index >= 15 is 0 Å². The Hall–Kier alpha value is -2.42. The van der Waals surface area contributed by atoms with E-state index in [2.05, 4.69) is 0 Å². The largest absolute Gasteiger partial charge is 0.478 e. The van der Waals surface area contributed by atoms with Crippen molar-refractivity contribution in [2.24, 2.45) is 0 Å². The van der Waals surface area contributed by atoms with E-state index in [0.717, 1.165) is 5.56 Å². The molecule has 0 aliphatic carbocycles. The van der Waals surface area contributed by atoms with Crippen LogP contribution in [0.2, 0.25) is 0 Å². The van der Waals surface area contributed by atoms with Crippen molar-refractivity contribution in [1.82, 2.24) is 0 Å². The molecule has 0 aliphatic heterocycles. The Bertz CT molecular complexity index is 657. The lowest BCUT2D eigenvalue weighted by Gasteiger charge is -2.13. The summed E-state index contributed by atoms with van der Waals surface area (Å²) in [4.78, 5) is 23.0. The average molecular weight is 254 g/mol. The van der Waals surface area contributed by atoms with Gasteiger partial charge in [-0.15, -0.1) is 0 Å². The lowest BCUT2D eigenvalue weighted by molar-refractivity contribution is 0.0697. The zero-order chi connectivity index (χ0) is 14.0. The van der Waals surface area contributed by atoms with Crippen LogP contribution in [-0.2, 0) is 0 Å². The van der Waals surface area contributed by atoms with Crippen LogP contribution in [0.4, 0.5) is 0 Å². The van der Waals surface area contributed by atoms with Gasteiger partial charge in [0.1, 0.15) is 0 Å². The normalized spacial score (nSPS) is 10.2. The summed E-state index contributed by atoms with van der Waals surface area (Å²) in [7, 11) is 0. The Kier molecular flexibility index (Phi) is 3.47. The minimum Gasteiger partial charge on any atom is -0.478 e. The van der Waals surface area contributed by atoms with E-state index < -0.39 is 5.97 Å². The lowest BCUT2D eigenvalue weighted by Crippen LogP contribution is -2.04. The van der Waals surface area contributed by atoms with E-state index in [0.29, 0.717) is 16.7 Å². The fraction of sp³-hybridized carbons (Fsp3) is 0.125. The number of Topliss-reactive ketones (excluding diaryl/α,β-unsaturated/α-hetero) is 1. The maximum Gasteiger partial charge on any atom is 0.336 e. The van der Waals surface area contributed by atoms with Crippen LogP contribution in [0.5, 0.6) is 0 Å². The predicted octanol–water partition coefficient (Wildman–Crippen LogP) is 3.56. The number of carboxylic acids is 1. The molecule has 3 nitrogen and oxygen atoms in total. The maximum atomic E-state index is 11.7. The Morgan fingerprint density at radius 1 is 0.947 bits per heavy atom. The molecule has 2 rings (SSSR count). The highest BCUT2D eigenvalue weighted by molar-refractivity contribution is 6.05. The molecular weight excluding hydrogens is 240 g/mol. The third kappa shape index (κ3) is 2.40.